The summed E-state index contributed by atoms with van der Waals surface area (Å²) >= 11 is 0. The molecule has 1 N–H and O–H groups in total. The van der Waals surface area contributed by atoms with Gasteiger partial charge in [0.15, 0.2) is 5.82 Å². The standard InChI is InChI=1S/C15H21N5/c1-2-7-16-10-13-3-5-14(6-4-13)19-8-9-20-12-17-18-15(20)11-19/h3-6,12,16H,2,7-11H2,1H3. The van der Waals surface area contributed by atoms with Crippen LogP contribution in [0.15, 0.2) is 30.6 Å². The highest BCUT2D eigenvalue weighted by Crippen LogP contribution is 2.20. The molecule has 2 aromatic rings. The smallest absolute Gasteiger partial charge is 0.152 e. The van der Waals surface area contributed by atoms with E-state index >= 15 is 0 Å². The van der Waals surface area contributed by atoms with Gasteiger partial charge in [-0.1, -0.05) is 19.1 Å². The molecule has 1 aliphatic rings. The number of anilines is 1. The molecule has 0 spiro atoms. The molecule has 0 fully saturated rings. The summed E-state index contributed by atoms with van der Waals surface area (Å²) in [5.74, 6) is 1.05. The summed E-state index contributed by atoms with van der Waals surface area (Å²) in [4.78, 5) is 2.35. The van der Waals surface area contributed by atoms with E-state index in [4.69, 9.17) is 0 Å². The molecule has 106 valence electrons. The fourth-order valence-corrected chi connectivity index (χ4v) is 2.52. The number of nitrogens with one attached hydrogen (secondary N) is 1. The normalized spacial score (nSPS) is 14.3. The SMILES string of the molecule is CCCNCc1ccc(N2CCn3cnnc3C2)cc1. The predicted octanol–water partition coefficient (Wildman–Crippen LogP) is 1.80. The van der Waals surface area contributed by atoms with Crippen LogP contribution in [0.5, 0.6) is 0 Å². The summed E-state index contributed by atoms with van der Waals surface area (Å²) in [6.07, 6.45) is 2.99. The molecule has 3 rings (SSSR count). The molecule has 0 bridgehead atoms. The molecule has 1 aromatic carbocycles. The Morgan fingerprint density at radius 3 is 2.85 bits per heavy atom. The molecule has 0 saturated carbocycles. The first kappa shape index (κ1) is 13.1. The third kappa shape index (κ3) is 2.82. The maximum atomic E-state index is 4.16. The highest BCUT2D eigenvalue weighted by molar-refractivity contribution is 5.48. The maximum absolute atomic E-state index is 4.16. The number of aromatic nitrogens is 3. The average molecular weight is 271 g/mol. The van der Waals surface area contributed by atoms with Crippen LogP contribution < -0.4 is 10.2 Å². The van der Waals surface area contributed by atoms with E-state index in [1.54, 1.807) is 0 Å². The first-order valence-corrected chi connectivity index (χ1v) is 7.28. The Balaban J connectivity index is 1.63. The highest BCUT2D eigenvalue weighted by atomic mass is 15.3. The van der Waals surface area contributed by atoms with Crippen LogP contribution in [0.1, 0.15) is 24.7 Å². The lowest BCUT2D eigenvalue weighted by atomic mass is 10.2. The predicted molar refractivity (Wildman–Crippen MR) is 79.5 cm³/mol. The van der Waals surface area contributed by atoms with Crippen LogP contribution in [-0.2, 0) is 19.6 Å². The van der Waals surface area contributed by atoms with Crippen molar-refractivity contribution in [2.24, 2.45) is 0 Å². The molecule has 20 heavy (non-hydrogen) atoms. The van der Waals surface area contributed by atoms with Crippen LogP contribution >= 0.6 is 0 Å². The Morgan fingerprint density at radius 1 is 1.20 bits per heavy atom. The minimum absolute atomic E-state index is 0.841. The Bertz CT molecular complexity index is 546. The van der Waals surface area contributed by atoms with Crippen molar-refractivity contribution in [2.75, 3.05) is 18.0 Å². The topological polar surface area (TPSA) is 46.0 Å². The van der Waals surface area contributed by atoms with Crippen molar-refractivity contribution in [3.8, 4) is 0 Å². The Hall–Kier alpha value is -1.88. The number of fused-ring (bicyclic) bond motifs is 1. The molecule has 5 nitrogen and oxygen atoms in total. The van der Waals surface area contributed by atoms with Gasteiger partial charge in [0.2, 0.25) is 0 Å². The molecule has 1 aliphatic heterocycles. The lowest BCUT2D eigenvalue weighted by molar-refractivity contribution is 0.560. The third-order valence-electron chi connectivity index (χ3n) is 3.70. The second-order valence-electron chi connectivity index (χ2n) is 5.21. The molecule has 2 heterocycles. The van der Waals surface area contributed by atoms with E-state index in [1.807, 2.05) is 6.33 Å². The minimum Gasteiger partial charge on any atom is -0.362 e. The second-order valence-corrected chi connectivity index (χ2v) is 5.21. The largest absolute Gasteiger partial charge is 0.362 e. The van der Waals surface area contributed by atoms with Crippen LogP contribution in [0, 0.1) is 0 Å². The van der Waals surface area contributed by atoms with E-state index in [0.29, 0.717) is 0 Å². The van der Waals surface area contributed by atoms with Crippen molar-refractivity contribution in [1.82, 2.24) is 20.1 Å². The van der Waals surface area contributed by atoms with Gasteiger partial charge in [-0.2, -0.15) is 0 Å². The number of hydrogen-bond acceptors (Lipinski definition) is 4. The monoisotopic (exact) mass is 271 g/mol. The Morgan fingerprint density at radius 2 is 2.05 bits per heavy atom. The van der Waals surface area contributed by atoms with E-state index in [1.165, 1.54) is 17.7 Å². The number of rotatable bonds is 5. The van der Waals surface area contributed by atoms with Crippen LogP contribution in [0.4, 0.5) is 5.69 Å². The van der Waals surface area contributed by atoms with E-state index in [2.05, 4.69) is 56.2 Å². The maximum Gasteiger partial charge on any atom is 0.152 e. The van der Waals surface area contributed by atoms with Crippen molar-refractivity contribution in [1.29, 1.82) is 0 Å². The lowest BCUT2D eigenvalue weighted by Crippen LogP contribution is -2.33. The van der Waals surface area contributed by atoms with Crippen molar-refractivity contribution < 1.29 is 0 Å². The van der Waals surface area contributed by atoms with E-state index < -0.39 is 0 Å². The average Bonchev–Trinajstić information content (AvgIpc) is 2.96. The summed E-state index contributed by atoms with van der Waals surface area (Å²) in [7, 11) is 0. The van der Waals surface area contributed by atoms with Gasteiger partial charge in [0.25, 0.3) is 0 Å². The first-order chi connectivity index (χ1) is 9.86. The summed E-state index contributed by atoms with van der Waals surface area (Å²) in [6.45, 7) is 7.02. The Labute approximate surface area is 119 Å². The fraction of sp³-hybridized carbons (Fsp3) is 0.467. The van der Waals surface area contributed by atoms with Gasteiger partial charge in [-0.05, 0) is 30.7 Å². The van der Waals surface area contributed by atoms with Crippen LogP contribution in [-0.4, -0.2) is 27.9 Å². The molecular formula is C15H21N5. The van der Waals surface area contributed by atoms with Crippen molar-refractivity contribution >= 4 is 5.69 Å². The zero-order chi connectivity index (χ0) is 13.8. The van der Waals surface area contributed by atoms with Crippen LogP contribution in [0.25, 0.3) is 0 Å². The molecular weight excluding hydrogens is 250 g/mol. The quantitative estimate of drug-likeness (QED) is 0.842. The van der Waals surface area contributed by atoms with Crippen molar-refractivity contribution in [3.63, 3.8) is 0 Å². The highest BCUT2D eigenvalue weighted by Gasteiger charge is 2.17. The molecule has 5 heteroatoms. The van der Waals surface area contributed by atoms with Gasteiger partial charge >= 0.3 is 0 Å². The molecule has 0 aliphatic carbocycles. The van der Waals surface area contributed by atoms with E-state index in [0.717, 1.165) is 38.5 Å². The summed E-state index contributed by atoms with van der Waals surface area (Å²) in [5, 5.41) is 11.6. The Kier molecular flexibility index (Phi) is 3.97. The van der Waals surface area contributed by atoms with Crippen LogP contribution in [0.3, 0.4) is 0 Å². The molecule has 0 unspecified atom stereocenters. The molecule has 0 amide bonds. The van der Waals surface area contributed by atoms with Crippen molar-refractivity contribution in [2.45, 2.75) is 33.0 Å². The number of benzene rings is 1. The van der Waals surface area contributed by atoms with Gasteiger partial charge in [0.05, 0.1) is 6.54 Å². The number of nitrogens with zero attached hydrogens (tertiary/aromatic N) is 4. The third-order valence-corrected chi connectivity index (χ3v) is 3.70. The summed E-state index contributed by atoms with van der Waals surface area (Å²) in [6, 6.07) is 8.82. The number of hydrogen-bond donors (Lipinski definition) is 1. The van der Waals surface area contributed by atoms with Gasteiger partial charge in [0.1, 0.15) is 6.33 Å². The van der Waals surface area contributed by atoms with Gasteiger partial charge < -0.3 is 14.8 Å². The second kappa shape index (κ2) is 6.05. The minimum atomic E-state index is 0.841. The zero-order valence-corrected chi connectivity index (χ0v) is 11.9. The van der Waals surface area contributed by atoms with Gasteiger partial charge in [-0.25, -0.2) is 0 Å². The summed E-state index contributed by atoms with van der Waals surface area (Å²) < 4.78 is 2.12. The fourth-order valence-electron chi connectivity index (χ4n) is 2.52. The van der Waals surface area contributed by atoms with E-state index in [-0.39, 0.29) is 0 Å². The molecule has 0 saturated heterocycles. The van der Waals surface area contributed by atoms with Crippen LogP contribution in [0.2, 0.25) is 0 Å². The summed E-state index contributed by atoms with van der Waals surface area (Å²) in [5.41, 5.74) is 2.60. The molecule has 0 atom stereocenters. The van der Waals surface area contributed by atoms with Crippen molar-refractivity contribution in [3.05, 3.63) is 42.0 Å². The van der Waals surface area contributed by atoms with Gasteiger partial charge in [-0.3, -0.25) is 0 Å². The van der Waals surface area contributed by atoms with Gasteiger partial charge in [-0.15, -0.1) is 10.2 Å². The molecule has 1 aromatic heterocycles. The van der Waals surface area contributed by atoms with E-state index in [9.17, 15) is 0 Å². The lowest BCUT2D eigenvalue weighted by Gasteiger charge is -2.29. The molecule has 0 radical (unpaired) electrons. The zero-order valence-electron chi connectivity index (χ0n) is 11.9. The van der Waals surface area contributed by atoms with Gasteiger partial charge in [0, 0.05) is 25.3 Å². The first-order valence-electron chi connectivity index (χ1n) is 7.28.